The van der Waals surface area contributed by atoms with E-state index in [1.807, 2.05) is 51.1 Å². The van der Waals surface area contributed by atoms with Crippen LogP contribution in [0.3, 0.4) is 0 Å². The number of ether oxygens (including phenoxy) is 2. The maximum absolute atomic E-state index is 13.2. The molecule has 1 fully saturated rings. The fourth-order valence-electron chi connectivity index (χ4n) is 4.35. The number of piperazine rings is 1. The zero-order chi connectivity index (χ0) is 22.4. The number of Topliss-reactive ketones (excluding diaryl/α,β-unsaturated/α-hetero) is 1. The lowest BCUT2D eigenvalue weighted by Gasteiger charge is -2.32. The molecule has 1 aliphatic rings. The first kappa shape index (κ1) is 23.0. The van der Waals surface area contributed by atoms with Gasteiger partial charge in [0, 0.05) is 5.69 Å². The summed E-state index contributed by atoms with van der Waals surface area (Å²) >= 11 is 0. The number of aromatic amines is 1. The van der Waals surface area contributed by atoms with Crippen LogP contribution in [-0.4, -0.2) is 68.7 Å². The zero-order valence-corrected chi connectivity index (χ0v) is 19.0. The fourth-order valence-corrected chi connectivity index (χ4v) is 4.35. The van der Waals surface area contributed by atoms with Gasteiger partial charge in [-0.05, 0) is 45.4 Å². The van der Waals surface area contributed by atoms with Crippen molar-refractivity contribution in [2.45, 2.75) is 33.7 Å². The number of ketones is 1. The molecule has 0 radical (unpaired) electrons. The molecule has 168 valence electrons. The first-order chi connectivity index (χ1) is 14.9. The molecule has 3 rings (SSSR count). The molecule has 0 spiro atoms. The number of para-hydroxylation sites is 1. The molecule has 1 aromatic carbocycles. The Kier molecular flexibility index (Phi) is 7.87. The molecule has 0 aliphatic carbocycles. The third-order valence-electron chi connectivity index (χ3n) is 6.24. The van der Waals surface area contributed by atoms with Crippen molar-refractivity contribution < 1.29 is 28.9 Å². The summed E-state index contributed by atoms with van der Waals surface area (Å²) in [6.45, 7) is 13.3. The Morgan fingerprint density at radius 3 is 2.42 bits per heavy atom. The van der Waals surface area contributed by atoms with E-state index in [0.717, 1.165) is 38.5 Å². The minimum absolute atomic E-state index is 0.0574. The number of esters is 1. The lowest BCUT2D eigenvalue weighted by molar-refractivity contribution is -1.02. The number of hydrogen-bond donors (Lipinski definition) is 3. The number of H-pyrrole nitrogens is 1. The molecule has 1 saturated heterocycles. The highest BCUT2D eigenvalue weighted by Crippen LogP contribution is 2.20. The third-order valence-corrected chi connectivity index (χ3v) is 6.24. The number of nitrogens with one attached hydrogen (secondary N) is 3. The van der Waals surface area contributed by atoms with Crippen LogP contribution in [0.2, 0.25) is 0 Å². The van der Waals surface area contributed by atoms with Crippen molar-refractivity contribution >= 4 is 11.8 Å². The van der Waals surface area contributed by atoms with Gasteiger partial charge in [0.2, 0.25) is 5.78 Å². The summed E-state index contributed by atoms with van der Waals surface area (Å²) in [5.41, 5.74) is 2.40. The largest absolute Gasteiger partial charge is 0.488 e. The van der Waals surface area contributed by atoms with Crippen LogP contribution >= 0.6 is 0 Å². The molecule has 7 heteroatoms. The van der Waals surface area contributed by atoms with Crippen LogP contribution in [0, 0.1) is 13.8 Å². The lowest BCUT2D eigenvalue weighted by Crippen LogP contribution is -3.30. The highest BCUT2D eigenvalue weighted by Gasteiger charge is 2.34. The standard InChI is InChI=1S/C24H33N3O4/c1-5-30-24(29)21-17(2)22(25-18(21)3)23(28)19(4)27-13-11-26(12-14-27)15-16-31-20-9-7-6-8-10-20/h6-10,19,25H,5,11-16H2,1-4H3/p+2/t19-/m1/s1. The van der Waals surface area contributed by atoms with E-state index in [2.05, 4.69) is 4.98 Å². The van der Waals surface area contributed by atoms with E-state index in [0.29, 0.717) is 35.7 Å². The van der Waals surface area contributed by atoms with E-state index in [9.17, 15) is 9.59 Å². The summed E-state index contributed by atoms with van der Waals surface area (Å²) in [5, 5.41) is 0. The summed E-state index contributed by atoms with van der Waals surface area (Å²) in [4.78, 5) is 31.4. The van der Waals surface area contributed by atoms with Gasteiger partial charge in [0.15, 0.2) is 6.04 Å². The van der Waals surface area contributed by atoms with Crippen molar-refractivity contribution in [2.75, 3.05) is 45.9 Å². The molecule has 7 nitrogen and oxygen atoms in total. The summed E-state index contributed by atoms with van der Waals surface area (Å²) in [7, 11) is 0. The number of hydrogen-bond acceptors (Lipinski definition) is 4. The number of carbonyl (C=O) groups is 2. The highest BCUT2D eigenvalue weighted by molar-refractivity contribution is 6.03. The number of carbonyl (C=O) groups excluding carboxylic acids is 2. The smallest absolute Gasteiger partial charge is 0.340 e. The highest BCUT2D eigenvalue weighted by atomic mass is 16.5. The van der Waals surface area contributed by atoms with Crippen LogP contribution in [0.1, 0.15) is 46.0 Å². The van der Waals surface area contributed by atoms with Crippen molar-refractivity contribution in [3.8, 4) is 5.75 Å². The lowest BCUT2D eigenvalue weighted by atomic mass is 10.0. The average Bonchev–Trinajstić information content (AvgIpc) is 3.08. The molecule has 1 aliphatic heterocycles. The van der Waals surface area contributed by atoms with Crippen molar-refractivity contribution in [3.05, 3.63) is 52.8 Å². The number of benzene rings is 1. The van der Waals surface area contributed by atoms with Crippen molar-refractivity contribution in [1.29, 1.82) is 0 Å². The normalized spacial score (nSPS) is 19.6. The van der Waals surface area contributed by atoms with E-state index >= 15 is 0 Å². The predicted molar refractivity (Wildman–Crippen MR) is 118 cm³/mol. The van der Waals surface area contributed by atoms with E-state index in [1.54, 1.807) is 6.92 Å². The molecule has 0 saturated carbocycles. The second kappa shape index (κ2) is 10.6. The van der Waals surface area contributed by atoms with Gasteiger partial charge in [-0.2, -0.15) is 0 Å². The van der Waals surface area contributed by atoms with Crippen LogP contribution in [0.4, 0.5) is 0 Å². The monoisotopic (exact) mass is 429 g/mol. The molecule has 3 N–H and O–H groups in total. The Morgan fingerprint density at radius 2 is 1.77 bits per heavy atom. The number of aromatic nitrogens is 1. The Hall–Kier alpha value is -2.64. The molecule has 1 aromatic heterocycles. The van der Waals surface area contributed by atoms with Gasteiger partial charge in [0.05, 0.1) is 17.9 Å². The Labute approximate surface area is 184 Å². The molecule has 2 aromatic rings. The van der Waals surface area contributed by atoms with Crippen molar-refractivity contribution in [1.82, 2.24) is 4.98 Å². The molecule has 31 heavy (non-hydrogen) atoms. The van der Waals surface area contributed by atoms with Crippen LogP contribution in [-0.2, 0) is 4.74 Å². The Morgan fingerprint density at radius 1 is 1.10 bits per heavy atom. The van der Waals surface area contributed by atoms with Crippen LogP contribution in [0.25, 0.3) is 0 Å². The van der Waals surface area contributed by atoms with Crippen LogP contribution in [0.5, 0.6) is 5.75 Å². The topological polar surface area (TPSA) is 77.3 Å². The van der Waals surface area contributed by atoms with E-state index in [-0.39, 0.29) is 17.8 Å². The van der Waals surface area contributed by atoms with Crippen LogP contribution < -0.4 is 14.5 Å². The van der Waals surface area contributed by atoms with Gasteiger partial charge in [0.25, 0.3) is 0 Å². The van der Waals surface area contributed by atoms with Gasteiger partial charge in [-0.15, -0.1) is 0 Å². The van der Waals surface area contributed by atoms with Gasteiger partial charge in [-0.25, -0.2) is 4.79 Å². The van der Waals surface area contributed by atoms with Crippen LogP contribution in [0.15, 0.2) is 30.3 Å². The molecule has 0 bridgehead atoms. The van der Waals surface area contributed by atoms with Crippen molar-refractivity contribution in [3.63, 3.8) is 0 Å². The Balaban J connectivity index is 1.52. The molecule has 0 unspecified atom stereocenters. The third kappa shape index (κ3) is 5.54. The summed E-state index contributed by atoms with van der Waals surface area (Å²) in [6.07, 6.45) is 0. The van der Waals surface area contributed by atoms with E-state index in [4.69, 9.17) is 9.47 Å². The quantitative estimate of drug-likeness (QED) is 0.394. The zero-order valence-electron chi connectivity index (χ0n) is 19.0. The molecule has 0 amide bonds. The van der Waals surface area contributed by atoms with Gasteiger partial charge in [-0.3, -0.25) is 4.79 Å². The SMILES string of the molecule is CCOC(=O)c1c(C)[nH]c(C(=O)[C@@H](C)[NH+]2CC[NH+](CCOc3ccccc3)CC2)c1C. The van der Waals surface area contributed by atoms with E-state index < -0.39 is 0 Å². The fraction of sp³-hybridized carbons (Fsp3) is 0.500. The summed E-state index contributed by atoms with van der Waals surface area (Å²) < 4.78 is 11.0. The minimum Gasteiger partial charge on any atom is -0.488 e. The predicted octanol–water partition coefficient (Wildman–Crippen LogP) is 0.242. The number of aryl methyl sites for hydroxylation is 1. The maximum atomic E-state index is 13.2. The molecule has 1 atom stereocenters. The van der Waals surface area contributed by atoms with Gasteiger partial charge < -0.3 is 24.3 Å². The van der Waals surface area contributed by atoms with Gasteiger partial charge in [0.1, 0.15) is 45.1 Å². The summed E-state index contributed by atoms with van der Waals surface area (Å²) in [6, 6.07) is 9.73. The van der Waals surface area contributed by atoms with Gasteiger partial charge in [-0.1, -0.05) is 18.2 Å². The molecular formula is C24H35N3O4+2. The molecular weight excluding hydrogens is 394 g/mol. The second-order valence-electron chi connectivity index (χ2n) is 8.25. The minimum atomic E-state index is -0.372. The maximum Gasteiger partial charge on any atom is 0.340 e. The van der Waals surface area contributed by atoms with E-state index in [1.165, 1.54) is 9.80 Å². The average molecular weight is 430 g/mol. The number of rotatable bonds is 9. The molecule has 2 heterocycles. The second-order valence-corrected chi connectivity index (χ2v) is 8.25. The van der Waals surface area contributed by atoms with Crippen molar-refractivity contribution in [2.24, 2.45) is 0 Å². The van der Waals surface area contributed by atoms with Gasteiger partial charge >= 0.3 is 5.97 Å². The first-order valence-corrected chi connectivity index (χ1v) is 11.2. The Bertz CT molecular complexity index is 886. The number of quaternary nitrogens is 2. The first-order valence-electron chi connectivity index (χ1n) is 11.2. The summed E-state index contributed by atoms with van der Waals surface area (Å²) in [5.74, 6) is 0.592.